The number of hydrogen-bond donors (Lipinski definition) is 1. The van der Waals surface area contributed by atoms with Crippen molar-refractivity contribution in [3.8, 4) is 0 Å². The molecule has 1 aromatic heterocycles. The number of pyridine rings is 1. The van der Waals surface area contributed by atoms with Crippen molar-refractivity contribution in [2.75, 3.05) is 11.6 Å². The third kappa shape index (κ3) is 3.57. The molecule has 2 rings (SSSR count). The Kier molecular flexibility index (Phi) is 4.91. The second kappa shape index (κ2) is 6.50. The van der Waals surface area contributed by atoms with E-state index in [4.69, 9.17) is 11.6 Å². The van der Waals surface area contributed by atoms with Gasteiger partial charge in [0.2, 0.25) is 0 Å². The van der Waals surface area contributed by atoms with Gasteiger partial charge in [0, 0.05) is 10.6 Å². The number of aryl methyl sites for hydroxylation is 3. The number of thioether (sulfide) groups is 1. The SMILES string of the molecule is CSc1ccc(Cl)c(C(=O)Nc2c(C)cc(C)nc2C)c1. The van der Waals surface area contributed by atoms with E-state index in [2.05, 4.69) is 10.3 Å². The van der Waals surface area contributed by atoms with E-state index < -0.39 is 0 Å². The summed E-state index contributed by atoms with van der Waals surface area (Å²) in [6, 6.07) is 7.39. The molecule has 0 fully saturated rings. The standard InChI is InChI=1S/C16H17ClN2OS/c1-9-7-10(2)18-11(3)15(9)19-16(20)13-8-12(21-4)5-6-14(13)17/h5-8H,1-4H3,(H,19,20). The lowest BCUT2D eigenvalue weighted by molar-refractivity contribution is 0.102. The summed E-state index contributed by atoms with van der Waals surface area (Å²) in [5.74, 6) is -0.215. The lowest BCUT2D eigenvalue weighted by Gasteiger charge is -2.13. The lowest BCUT2D eigenvalue weighted by atomic mass is 10.1. The molecule has 21 heavy (non-hydrogen) atoms. The highest BCUT2D eigenvalue weighted by atomic mass is 35.5. The van der Waals surface area contributed by atoms with Crippen LogP contribution in [0.1, 0.15) is 27.3 Å². The van der Waals surface area contributed by atoms with Gasteiger partial charge in [0.05, 0.1) is 22.0 Å². The van der Waals surface area contributed by atoms with Crippen LogP contribution >= 0.6 is 23.4 Å². The van der Waals surface area contributed by atoms with E-state index >= 15 is 0 Å². The van der Waals surface area contributed by atoms with Gasteiger partial charge in [-0.15, -0.1) is 11.8 Å². The third-order valence-electron chi connectivity index (χ3n) is 3.18. The number of nitrogens with zero attached hydrogens (tertiary/aromatic N) is 1. The van der Waals surface area contributed by atoms with Crippen LogP contribution in [0, 0.1) is 20.8 Å². The Bertz CT molecular complexity index is 678. The van der Waals surface area contributed by atoms with Gasteiger partial charge in [-0.2, -0.15) is 0 Å². The Hall–Kier alpha value is -1.52. The Morgan fingerprint density at radius 1 is 1.24 bits per heavy atom. The first kappa shape index (κ1) is 15.9. The maximum Gasteiger partial charge on any atom is 0.257 e. The molecule has 1 amide bonds. The number of rotatable bonds is 3. The fraction of sp³-hybridized carbons (Fsp3) is 0.250. The number of anilines is 1. The van der Waals surface area contributed by atoms with Gasteiger partial charge in [0.15, 0.2) is 0 Å². The second-order valence-corrected chi connectivity index (χ2v) is 6.13. The number of hydrogen-bond acceptors (Lipinski definition) is 3. The summed E-state index contributed by atoms with van der Waals surface area (Å²) in [7, 11) is 0. The highest BCUT2D eigenvalue weighted by molar-refractivity contribution is 7.98. The number of amides is 1. The van der Waals surface area contributed by atoms with Crippen molar-refractivity contribution in [3.05, 3.63) is 51.8 Å². The molecule has 1 N–H and O–H groups in total. The van der Waals surface area contributed by atoms with E-state index in [1.165, 1.54) is 0 Å². The summed E-state index contributed by atoms with van der Waals surface area (Å²) >= 11 is 7.71. The normalized spacial score (nSPS) is 10.5. The number of nitrogens with one attached hydrogen (secondary N) is 1. The first-order valence-electron chi connectivity index (χ1n) is 6.52. The van der Waals surface area contributed by atoms with E-state index in [9.17, 15) is 4.79 Å². The van der Waals surface area contributed by atoms with Gasteiger partial charge in [0.1, 0.15) is 0 Å². The Balaban J connectivity index is 2.35. The molecule has 0 aliphatic heterocycles. The minimum Gasteiger partial charge on any atom is -0.320 e. The van der Waals surface area contributed by atoms with Gasteiger partial charge in [-0.25, -0.2) is 0 Å². The van der Waals surface area contributed by atoms with Crippen molar-refractivity contribution in [3.63, 3.8) is 0 Å². The van der Waals surface area contributed by atoms with Crippen molar-refractivity contribution >= 4 is 35.0 Å². The van der Waals surface area contributed by atoms with Gasteiger partial charge >= 0.3 is 0 Å². The van der Waals surface area contributed by atoms with E-state index in [0.29, 0.717) is 10.6 Å². The summed E-state index contributed by atoms with van der Waals surface area (Å²) in [5, 5.41) is 3.36. The monoisotopic (exact) mass is 320 g/mol. The average Bonchev–Trinajstić information content (AvgIpc) is 2.43. The van der Waals surface area contributed by atoms with Gasteiger partial charge in [-0.1, -0.05) is 11.6 Å². The first-order valence-corrected chi connectivity index (χ1v) is 8.12. The predicted octanol–water partition coefficient (Wildman–Crippen LogP) is 4.63. The summed E-state index contributed by atoms with van der Waals surface area (Å²) < 4.78 is 0. The smallest absolute Gasteiger partial charge is 0.257 e. The van der Waals surface area contributed by atoms with Crippen molar-refractivity contribution in [2.45, 2.75) is 25.7 Å². The minimum absolute atomic E-state index is 0.215. The molecule has 0 aliphatic rings. The zero-order chi connectivity index (χ0) is 15.6. The molecule has 0 unspecified atom stereocenters. The van der Waals surface area contributed by atoms with Crippen LogP contribution in [0.25, 0.3) is 0 Å². The molecular weight excluding hydrogens is 304 g/mol. The van der Waals surface area contributed by atoms with Gasteiger partial charge in [-0.3, -0.25) is 9.78 Å². The minimum atomic E-state index is -0.215. The summed E-state index contributed by atoms with van der Waals surface area (Å²) in [6.45, 7) is 5.77. The van der Waals surface area contributed by atoms with Crippen LogP contribution in [0.5, 0.6) is 0 Å². The van der Waals surface area contributed by atoms with E-state index in [1.807, 2.05) is 39.2 Å². The van der Waals surface area contributed by atoms with E-state index in [-0.39, 0.29) is 5.91 Å². The van der Waals surface area contributed by atoms with Crippen LogP contribution in [0.15, 0.2) is 29.2 Å². The number of carbonyl (C=O) groups excluding carboxylic acids is 1. The summed E-state index contributed by atoms with van der Waals surface area (Å²) in [5.41, 5.74) is 3.95. The Morgan fingerprint density at radius 2 is 1.95 bits per heavy atom. The van der Waals surface area contributed by atoms with Gasteiger partial charge in [-0.05, 0) is 56.9 Å². The molecule has 1 aromatic carbocycles. The summed E-state index contributed by atoms with van der Waals surface area (Å²) in [4.78, 5) is 17.8. The van der Waals surface area contributed by atoms with Crippen LogP contribution in [-0.4, -0.2) is 17.1 Å². The van der Waals surface area contributed by atoms with Gasteiger partial charge < -0.3 is 5.32 Å². The maximum atomic E-state index is 12.5. The molecule has 5 heteroatoms. The molecule has 0 bridgehead atoms. The zero-order valence-corrected chi connectivity index (χ0v) is 14.0. The van der Waals surface area contributed by atoms with Crippen molar-refractivity contribution in [2.24, 2.45) is 0 Å². The third-order valence-corrected chi connectivity index (χ3v) is 4.24. The van der Waals surface area contributed by atoms with Crippen LogP contribution in [0.3, 0.4) is 0 Å². The topological polar surface area (TPSA) is 42.0 Å². The largest absolute Gasteiger partial charge is 0.320 e. The molecule has 0 spiro atoms. The highest BCUT2D eigenvalue weighted by Crippen LogP contribution is 2.25. The molecule has 1 heterocycles. The Labute approximate surface area is 134 Å². The highest BCUT2D eigenvalue weighted by Gasteiger charge is 2.14. The fourth-order valence-electron chi connectivity index (χ4n) is 2.20. The predicted molar refractivity (Wildman–Crippen MR) is 89.6 cm³/mol. The van der Waals surface area contributed by atoms with Crippen molar-refractivity contribution < 1.29 is 4.79 Å². The number of benzene rings is 1. The molecule has 0 saturated carbocycles. The van der Waals surface area contributed by atoms with E-state index in [1.54, 1.807) is 23.9 Å². The first-order chi connectivity index (χ1) is 9.92. The maximum absolute atomic E-state index is 12.5. The molecule has 110 valence electrons. The van der Waals surface area contributed by atoms with Crippen LogP contribution in [0.2, 0.25) is 5.02 Å². The lowest BCUT2D eigenvalue weighted by Crippen LogP contribution is -2.15. The zero-order valence-electron chi connectivity index (χ0n) is 12.5. The van der Waals surface area contributed by atoms with Crippen LogP contribution < -0.4 is 5.32 Å². The van der Waals surface area contributed by atoms with Gasteiger partial charge in [0.25, 0.3) is 5.91 Å². The van der Waals surface area contributed by atoms with Crippen molar-refractivity contribution in [1.29, 1.82) is 0 Å². The number of aromatic nitrogens is 1. The second-order valence-electron chi connectivity index (χ2n) is 4.84. The molecule has 0 aliphatic carbocycles. The molecule has 3 nitrogen and oxygen atoms in total. The molecule has 2 aromatic rings. The number of carbonyl (C=O) groups is 1. The Morgan fingerprint density at radius 3 is 2.57 bits per heavy atom. The van der Waals surface area contributed by atoms with Crippen LogP contribution in [0.4, 0.5) is 5.69 Å². The quantitative estimate of drug-likeness (QED) is 0.838. The molecule has 0 radical (unpaired) electrons. The average molecular weight is 321 g/mol. The van der Waals surface area contributed by atoms with Crippen molar-refractivity contribution in [1.82, 2.24) is 4.98 Å². The number of halogens is 1. The molecular formula is C16H17ClN2OS. The van der Waals surface area contributed by atoms with Crippen LogP contribution in [-0.2, 0) is 0 Å². The molecule has 0 saturated heterocycles. The summed E-state index contributed by atoms with van der Waals surface area (Å²) in [6.07, 6.45) is 1.96. The molecule has 0 atom stereocenters. The fourth-order valence-corrected chi connectivity index (χ4v) is 2.84. The van der Waals surface area contributed by atoms with E-state index in [0.717, 1.165) is 27.5 Å².